The molecule has 4 nitrogen and oxygen atoms in total. The highest BCUT2D eigenvalue weighted by molar-refractivity contribution is 7.89. The molecule has 2 rings (SSSR count). The second-order valence-electron chi connectivity index (χ2n) is 4.78. The Morgan fingerprint density at radius 3 is 2.57 bits per heavy atom. The van der Waals surface area contributed by atoms with E-state index in [4.69, 9.17) is 5.73 Å². The van der Waals surface area contributed by atoms with Gasteiger partial charge in [0.15, 0.2) is 0 Å². The van der Waals surface area contributed by atoms with Crippen molar-refractivity contribution in [2.24, 2.45) is 5.73 Å². The normalized spacial score (nSPS) is 13.1. The van der Waals surface area contributed by atoms with E-state index in [2.05, 4.69) is 4.72 Å². The first kappa shape index (κ1) is 15.6. The van der Waals surface area contributed by atoms with Crippen molar-refractivity contribution in [2.75, 3.05) is 0 Å². The molecule has 0 aliphatic carbocycles. The largest absolute Gasteiger partial charge is 0.324 e. The Hall–Kier alpha value is -1.76. The van der Waals surface area contributed by atoms with E-state index in [1.807, 2.05) is 0 Å². The summed E-state index contributed by atoms with van der Waals surface area (Å²) in [6.45, 7) is 1.68. The van der Waals surface area contributed by atoms with E-state index < -0.39 is 15.8 Å². The maximum Gasteiger partial charge on any atom is 0.240 e. The van der Waals surface area contributed by atoms with Crippen molar-refractivity contribution in [3.05, 3.63) is 65.5 Å². The Kier molecular flexibility index (Phi) is 4.72. The highest BCUT2D eigenvalue weighted by Crippen LogP contribution is 2.16. The van der Waals surface area contributed by atoms with Crippen LogP contribution in [0.25, 0.3) is 0 Å². The molecule has 2 aromatic carbocycles. The topological polar surface area (TPSA) is 72.2 Å². The molecule has 0 heterocycles. The van der Waals surface area contributed by atoms with Gasteiger partial charge in [-0.3, -0.25) is 0 Å². The first-order chi connectivity index (χ1) is 9.90. The third-order valence-corrected chi connectivity index (χ3v) is 4.50. The van der Waals surface area contributed by atoms with Crippen LogP contribution >= 0.6 is 0 Å². The molecule has 1 unspecified atom stereocenters. The molecule has 6 heteroatoms. The van der Waals surface area contributed by atoms with Crippen LogP contribution in [0.5, 0.6) is 0 Å². The molecule has 0 radical (unpaired) electrons. The minimum absolute atomic E-state index is 0.0998. The Morgan fingerprint density at radius 2 is 1.90 bits per heavy atom. The lowest BCUT2D eigenvalue weighted by molar-refractivity contribution is 0.574. The van der Waals surface area contributed by atoms with Gasteiger partial charge in [-0.1, -0.05) is 30.3 Å². The van der Waals surface area contributed by atoms with Crippen molar-refractivity contribution in [1.29, 1.82) is 0 Å². The fourth-order valence-corrected chi connectivity index (χ4v) is 2.92. The second-order valence-corrected chi connectivity index (χ2v) is 6.54. The molecule has 0 saturated heterocycles. The van der Waals surface area contributed by atoms with Gasteiger partial charge in [0.1, 0.15) is 5.82 Å². The summed E-state index contributed by atoms with van der Waals surface area (Å²) in [5.74, 6) is -0.440. The van der Waals surface area contributed by atoms with Gasteiger partial charge >= 0.3 is 0 Å². The number of hydrogen-bond acceptors (Lipinski definition) is 3. The van der Waals surface area contributed by atoms with Crippen molar-refractivity contribution < 1.29 is 12.8 Å². The van der Waals surface area contributed by atoms with Crippen LogP contribution in [0.3, 0.4) is 0 Å². The SMILES string of the molecule is CC(N)c1cccc(S(=O)(=O)NCc2ccccc2F)c1. The first-order valence-corrected chi connectivity index (χ1v) is 7.97. The Labute approximate surface area is 123 Å². The summed E-state index contributed by atoms with van der Waals surface area (Å²) < 4.78 is 40.3. The van der Waals surface area contributed by atoms with Gasteiger partial charge in [0.25, 0.3) is 0 Å². The number of nitrogens with two attached hydrogens (primary N) is 1. The second kappa shape index (κ2) is 6.34. The highest BCUT2D eigenvalue weighted by Gasteiger charge is 2.15. The van der Waals surface area contributed by atoms with Crippen molar-refractivity contribution in [2.45, 2.75) is 24.4 Å². The van der Waals surface area contributed by atoms with Gasteiger partial charge in [-0.05, 0) is 30.7 Å². The number of benzene rings is 2. The van der Waals surface area contributed by atoms with Crippen LogP contribution in [0.2, 0.25) is 0 Å². The molecule has 3 N–H and O–H groups in total. The minimum Gasteiger partial charge on any atom is -0.324 e. The van der Waals surface area contributed by atoms with Gasteiger partial charge in [-0.15, -0.1) is 0 Å². The molecule has 21 heavy (non-hydrogen) atoms. The van der Waals surface area contributed by atoms with E-state index in [-0.39, 0.29) is 17.5 Å². The van der Waals surface area contributed by atoms with Crippen LogP contribution in [0.15, 0.2) is 53.4 Å². The van der Waals surface area contributed by atoms with Gasteiger partial charge in [0.05, 0.1) is 4.90 Å². The van der Waals surface area contributed by atoms with E-state index >= 15 is 0 Å². The smallest absolute Gasteiger partial charge is 0.240 e. The molecular formula is C15H17FN2O2S. The van der Waals surface area contributed by atoms with Gasteiger partial charge in [-0.2, -0.15) is 0 Å². The average Bonchev–Trinajstić information content (AvgIpc) is 2.46. The van der Waals surface area contributed by atoms with Crippen molar-refractivity contribution in [3.8, 4) is 0 Å². The first-order valence-electron chi connectivity index (χ1n) is 6.49. The molecule has 0 aliphatic heterocycles. The molecule has 0 amide bonds. The van der Waals surface area contributed by atoms with E-state index in [0.29, 0.717) is 5.56 Å². The highest BCUT2D eigenvalue weighted by atomic mass is 32.2. The summed E-state index contributed by atoms with van der Waals surface area (Å²) in [4.78, 5) is 0.119. The fourth-order valence-electron chi connectivity index (χ4n) is 1.86. The molecule has 112 valence electrons. The lowest BCUT2D eigenvalue weighted by atomic mass is 10.1. The zero-order valence-electron chi connectivity index (χ0n) is 11.6. The van der Waals surface area contributed by atoms with Gasteiger partial charge in [-0.25, -0.2) is 17.5 Å². The molecule has 0 fully saturated rings. The summed E-state index contributed by atoms with van der Waals surface area (Å²) >= 11 is 0. The number of hydrogen-bond donors (Lipinski definition) is 2. The molecular weight excluding hydrogens is 291 g/mol. The third-order valence-electron chi connectivity index (χ3n) is 3.10. The number of halogens is 1. The Balaban J connectivity index is 2.19. The quantitative estimate of drug-likeness (QED) is 0.890. The predicted octanol–water partition coefficient (Wildman–Crippen LogP) is 2.32. The van der Waals surface area contributed by atoms with E-state index in [0.717, 1.165) is 5.56 Å². The molecule has 0 saturated carbocycles. The van der Waals surface area contributed by atoms with E-state index in [9.17, 15) is 12.8 Å². The molecule has 0 spiro atoms. The van der Waals surface area contributed by atoms with Crippen LogP contribution in [-0.2, 0) is 16.6 Å². The summed E-state index contributed by atoms with van der Waals surface area (Å²) in [6.07, 6.45) is 0. The lowest BCUT2D eigenvalue weighted by Gasteiger charge is -2.10. The van der Waals surface area contributed by atoms with Crippen LogP contribution in [0, 0.1) is 5.82 Å². The third kappa shape index (κ3) is 3.87. The Bertz CT molecular complexity index is 730. The molecule has 0 aliphatic rings. The summed E-state index contributed by atoms with van der Waals surface area (Å²) in [5.41, 5.74) is 6.77. The lowest BCUT2D eigenvalue weighted by Crippen LogP contribution is -2.24. The standard InChI is InChI=1S/C15H17FN2O2S/c1-11(17)12-6-4-7-14(9-12)21(19,20)18-10-13-5-2-3-8-15(13)16/h2-9,11,18H,10,17H2,1H3. The van der Waals surface area contributed by atoms with Gasteiger partial charge in [0, 0.05) is 18.2 Å². The van der Waals surface area contributed by atoms with Crippen LogP contribution in [-0.4, -0.2) is 8.42 Å². The molecule has 2 aromatic rings. The maximum atomic E-state index is 13.5. The van der Waals surface area contributed by atoms with Crippen molar-refractivity contribution in [3.63, 3.8) is 0 Å². The average molecular weight is 308 g/mol. The number of nitrogens with one attached hydrogen (secondary N) is 1. The maximum absolute atomic E-state index is 13.5. The van der Waals surface area contributed by atoms with Crippen LogP contribution < -0.4 is 10.5 Å². The predicted molar refractivity (Wildman–Crippen MR) is 79.5 cm³/mol. The van der Waals surface area contributed by atoms with Crippen LogP contribution in [0.4, 0.5) is 4.39 Å². The van der Waals surface area contributed by atoms with Crippen molar-refractivity contribution >= 4 is 10.0 Å². The molecule has 0 aromatic heterocycles. The van der Waals surface area contributed by atoms with Crippen molar-refractivity contribution in [1.82, 2.24) is 4.72 Å². The Morgan fingerprint density at radius 1 is 1.19 bits per heavy atom. The molecule has 1 atom stereocenters. The zero-order valence-corrected chi connectivity index (χ0v) is 12.4. The summed E-state index contributed by atoms with van der Waals surface area (Å²) in [6, 6.07) is 12.2. The van der Waals surface area contributed by atoms with Crippen LogP contribution in [0.1, 0.15) is 24.1 Å². The summed E-state index contributed by atoms with van der Waals surface area (Å²) in [5, 5.41) is 0. The summed E-state index contributed by atoms with van der Waals surface area (Å²) in [7, 11) is -3.70. The monoisotopic (exact) mass is 308 g/mol. The van der Waals surface area contributed by atoms with E-state index in [1.54, 1.807) is 31.2 Å². The zero-order chi connectivity index (χ0) is 15.5. The van der Waals surface area contributed by atoms with E-state index in [1.165, 1.54) is 24.3 Å². The fraction of sp³-hybridized carbons (Fsp3) is 0.200. The van der Waals surface area contributed by atoms with Gasteiger partial charge < -0.3 is 5.73 Å². The number of sulfonamides is 1. The molecule has 0 bridgehead atoms. The number of rotatable bonds is 5. The van der Waals surface area contributed by atoms with Gasteiger partial charge in [0.2, 0.25) is 10.0 Å². The minimum atomic E-state index is -3.70.